The van der Waals surface area contributed by atoms with Crippen LogP contribution >= 0.6 is 0 Å². The first-order chi connectivity index (χ1) is 8.94. The molecule has 1 saturated heterocycles. The first-order valence-corrected chi connectivity index (χ1v) is 8.11. The van der Waals surface area contributed by atoms with Crippen molar-refractivity contribution >= 4 is 5.97 Å². The summed E-state index contributed by atoms with van der Waals surface area (Å²) < 4.78 is 5.55. The van der Waals surface area contributed by atoms with E-state index in [0.29, 0.717) is 12.5 Å². The summed E-state index contributed by atoms with van der Waals surface area (Å²) in [7, 11) is 0. The van der Waals surface area contributed by atoms with Crippen molar-refractivity contribution in [2.75, 3.05) is 6.61 Å². The van der Waals surface area contributed by atoms with Crippen molar-refractivity contribution in [1.29, 1.82) is 0 Å². The highest BCUT2D eigenvalue weighted by Crippen LogP contribution is 2.45. The van der Waals surface area contributed by atoms with Crippen molar-refractivity contribution in [3.8, 4) is 0 Å². The fraction of sp³-hybridized carbons (Fsp3) is 0.944. The van der Waals surface area contributed by atoms with Gasteiger partial charge in [0.1, 0.15) is 0 Å². The summed E-state index contributed by atoms with van der Waals surface area (Å²) in [5.74, 6) is 0.601. The van der Waals surface area contributed by atoms with E-state index in [1.165, 1.54) is 12.8 Å². The van der Waals surface area contributed by atoms with E-state index in [9.17, 15) is 4.79 Å². The van der Waals surface area contributed by atoms with E-state index in [1.807, 2.05) is 0 Å². The van der Waals surface area contributed by atoms with Gasteiger partial charge in [-0.2, -0.15) is 0 Å². The average Bonchev–Trinajstić information content (AvgIpc) is 2.27. The number of hydrogen-bond acceptors (Lipinski definition) is 2. The number of cyclic esters (lactones) is 1. The van der Waals surface area contributed by atoms with Crippen molar-refractivity contribution in [2.24, 2.45) is 22.2 Å². The van der Waals surface area contributed by atoms with Gasteiger partial charge in [0.15, 0.2) is 0 Å². The van der Waals surface area contributed by atoms with Crippen LogP contribution in [0.15, 0.2) is 0 Å². The number of carbonyl (C=O) groups is 1. The van der Waals surface area contributed by atoms with Gasteiger partial charge >= 0.3 is 5.97 Å². The Labute approximate surface area is 125 Å². The summed E-state index contributed by atoms with van der Waals surface area (Å²) in [5.41, 5.74) is 0.0502. The van der Waals surface area contributed by atoms with Gasteiger partial charge in [-0.05, 0) is 55.8 Å². The molecule has 2 heteroatoms. The van der Waals surface area contributed by atoms with E-state index in [2.05, 4.69) is 48.5 Å². The molecular formula is C18H34O2. The lowest BCUT2D eigenvalue weighted by Gasteiger charge is -2.40. The molecule has 1 rings (SSSR count). The Morgan fingerprint density at radius 3 is 2.25 bits per heavy atom. The molecule has 0 aromatic heterocycles. The highest BCUT2D eigenvalue weighted by molar-refractivity contribution is 5.76. The predicted octanol–water partition coefficient (Wildman–Crippen LogP) is 5.21. The van der Waals surface area contributed by atoms with Gasteiger partial charge in [0.25, 0.3) is 0 Å². The minimum Gasteiger partial charge on any atom is -0.465 e. The third kappa shape index (κ3) is 5.10. The molecule has 1 fully saturated rings. The Balaban J connectivity index is 3.03. The van der Waals surface area contributed by atoms with Gasteiger partial charge in [0, 0.05) is 0 Å². The van der Waals surface area contributed by atoms with Gasteiger partial charge < -0.3 is 4.74 Å². The SMILES string of the molecule is CC(C)(C)CC1(C)CC(C(C)(C)C)CCCCOC1=O. The second-order valence-electron chi connectivity index (χ2n) is 9.20. The molecule has 20 heavy (non-hydrogen) atoms. The third-order valence-corrected chi connectivity index (χ3v) is 4.52. The van der Waals surface area contributed by atoms with Gasteiger partial charge in [-0.15, -0.1) is 0 Å². The highest BCUT2D eigenvalue weighted by Gasteiger charge is 2.43. The molecule has 0 spiro atoms. The maximum absolute atomic E-state index is 12.6. The quantitative estimate of drug-likeness (QED) is 0.617. The van der Waals surface area contributed by atoms with E-state index in [1.54, 1.807) is 0 Å². The van der Waals surface area contributed by atoms with Crippen LogP contribution < -0.4 is 0 Å². The van der Waals surface area contributed by atoms with Crippen molar-refractivity contribution in [3.63, 3.8) is 0 Å². The number of ether oxygens (including phenoxy) is 1. The third-order valence-electron chi connectivity index (χ3n) is 4.52. The summed E-state index contributed by atoms with van der Waals surface area (Å²) in [6, 6.07) is 0. The fourth-order valence-electron chi connectivity index (χ4n) is 3.62. The topological polar surface area (TPSA) is 26.3 Å². The number of hydrogen-bond donors (Lipinski definition) is 0. The zero-order chi connectivity index (χ0) is 15.6. The Kier molecular flexibility index (Phi) is 5.32. The predicted molar refractivity (Wildman–Crippen MR) is 84.6 cm³/mol. The van der Waals surface area contributed by atoms with Crippen LogP contribution in [0.1, 0.15) is 80.6 Å². The molecule has 0 radical (unpaired) electrons. The lowest BCUT2D eigenvalue weighted by Crippen LogP contribution is -2.38. The van der Waals surface area contributed by atoms with E-state index in [0.717, 1.165) is 19.3 Å². The van der Waals surface area contributed by atoms with Crippen molar-refractivity contribution in [3.05, 3.63) is 0 Å². The minimum atomic E-state index is -0.347. The molecule has 1 aliphatic rings. The Morgan fingerprint density at radius 2 is 1.75 bits per heavy atom. The van der Waals surface area contributed by atoms with Crippen LogP contribution in [0.5, 0.6) is 0 Å². The molecule has 0 aromatic rings. The van der Waals surface area contributed by atoms with Crippen LogP contribution in [0, 0.1) is 22.2 Å². The standard InChI is InChI=1S/C18H34O2/c1-16(2,3)13-18(7)12-14(17(4,5)6)10-8-9-11-20-15(18)19/h14H,8-13H2,1-7H3. The summed E-state index contributed by atoms with van der Waals surface area (Å²) in [6.45, 7) is 16.3. The van der Waals surface area contributed by atoms with Crippen LogP contribution in [0.25, 0.3) is 0 Å². The fourth-order valence-corrected chi connectivity index (χ4v) is 3.62. The van der Waals surface area contributed by atoms with Crippen molar-refractivity contribution < 1.29 is 9.53 Å². The molecule has 0 saturated carbocycles. The largest absolute Gasteiger partial charge is 0.465 e. The average molecular weight is 282 g/mol. The summed E-state index contributed by atoms with van der Waals surface area (Å²) in [6.07, 6.45) is 5.22. The van der Waals surface area contributed by atoms with Crippen LogP contribution in [0.3, 0.4) is 0 Å². The molecule has 0 aromatic carbocycles. The van der Waals surface area contributed by atoms with E-state index in [4.69, 9.17) is 4.74 Å². The molecule has 0 amide bonds. The summed E-state index contributed by atoms with van der Waals surface area (Å²) in [5, 5.41) is 0. The van der Waals surface area contributed by atoms with Crippen molar-refractivity contribution in [1.82, 2.24) is 0 Å². The number of esters is 1. The van der Waals surface area contributed by atoms with Gasteiger partial charge in [-0.3, -0.25) is 4.79 Å². The molecule has 0 bridgehead atoms. The first-order valence-electron chi connectivity index (χ1n) is 8.11. The highest BCUT2D eigenvalue weighted by atomic mass is 16.5. The molecule has 1 aliphatic heterocycles. The zero-order valence-electron chi connectivity index (χ0n) is 14.6. The summed E-state index contributed by atoms with van der Waals surface area (Å²) in [4.78, 5) is 12.6. The van der Waals surface area contributed by atoms with Gasteiger partial charge in [-0.25, -0.2) is 0 Å². The zero-order valence-corrected chi connectivity index (χ0v) is 14.6. The monoisotopic (exact) mass is 282 g/mol. The molecule has 2 nitrogen and oxygen atoms in total. The molecule has 118 valence electrons. The van der Waals surface area contributed by atoms with Gasteiger partial charge in [0.05, 0.1) is 12.0 Å². The Bertz CT molecular complexity index is 332. The van der Waals surface area contributed by atoms with E-state index >= 15 is 0 Å². The van der Waals surface area contributed by atoms with Crippen LogP contribution in [-0.4, -0.2) is 12.6 Å². The second-order valence-corrected chi connectivity index (χ2v) is 9.20. The minimum absolute atomic E-state index is 0.0172. The first kappa shape index (κ1) is 17.5. The van der Waals surface area contributed by atoms with E-state index in [-0.39, 0.29) is 22.2 Å². The molecular weight excluding hydrogens is 248 g/mol. The van der Waals surface area contributed by atoms with Gasteiger partial charge in [-0.1, -0.05) is 41.5 Å². The molecule has 0 aliphatic carbocycles. The normalized spacial score (nSPS) is 30.1. The van der Waals surface area contributed by atoms with Crippen LogP contribution in [-0.2, 0) is 9.53 Å². The molecule has 0 N–H and O–H groups in total. The van der Waals surface area contributed by atoms with Crippen molar-refractivity contribution in [2.45, 2.75) is 80.6 Å². The van der Waals surface area contributed by atoms with Gasteiger partial charge in [0.2, 0.25) is 0 Å². The summed E-state index contributed by atoms with van der Waals surface area (Å²) >= 11 is 0. The Hall–Kier alpha value is -0.530. The maximum atomic E-state index is 12.6. The maximum Gasteiger partial charge on any atom is 0.311 e. The number of carbonyl (C=O) groups excluding carboxylic acids is 1. The molecule has 2 atom stereocenters. The lowest BCUT2D eigenvalue weighted by atomic mass is 9.65. The Morgan fingerprint density at radius 1 is 1.15 bits per heavy atom. The second kappa shape index (κ2) is 6.07. The smallest absolute Gasteiger partial charge is 0.311 e. The number of rotatable bonds is 1. The lowest BCUT2D eigenvalue weighted by molar-refractivity contribution is -0.158. The molecule has 2 unspecified atom stereocenters. The van der Waals surface area contributed by atoms with Crippen LogP contribution in [0.4, 0.5) is 0 Å². The molecule has 1 heterocycles. The van der Waals surface area contributed by atoms with Crippen LogP contribution in [0.2, 0.25) is 0 Å². The van der Waals surface area contributed by atoms with E-state index < -0.39 is 0 Å².